The second-order valence-electron chi connectivity index (χ2n) is 6.16. The smallest absolute Gasteiger partial charge is 0.319 e. The number of urea groups is 1. The lowest BCUT2D eigenvalue weighted by atomic mass is 10.1. The molecule has 1 atom stereocenters. The Labute approximate surface area is 150 Å². The van der Waals surface area contributed by atoms with Crippen LogP contribution in [0.15, 0.2) is 18.2 Å². The molecule has 2 aromatic rings. The highest BCUT2D eigenvalue weighted by atomic mass is 32.2. The van der Waals surface area contributed by atoms with Crippen LogP contribution in [0.25, 0.3) is 5.69 Å². The number of benzene rings is 1. The van der Waals surface area contributed by atoms with E-state index in [1.54, 1.807) is 25.1 Å². The van der Waals surface area contributed by atoms with Crippen molar-refractivity contribution in [2.45, 2.75) is 13.3 Å². The molecule has 10 nitrogen and oxygen atoms in total. The number of methoxy groups -OCH3 is 1. The molecule has 3 rings (SSSR count). The molecule has 1 saturated heterocycles. The molecule has 1 fully saturated rings. The Morgan fingerprint density at radius 3 is 2.81 bits per heavy atom. The third-order valence-corrected chi connectivity index (χ3v) is 5.97. The van der Waals surface area contributed by atoms with Crippen LogP contribution in [0.2, 0.25) is 0 Å². The van der Waals surface area contributed by atoms with Crippen molar-refractivity contribution in [3.05, 3.63) is 24.0 Å². The molecule has 1 aliphatic heterocycles. The summed E-state index contributed by atoms with van der Waals surface area (Å²) in [6.07, 6.45) is 0.574. The molecule has 0 saturated carbocycles. The van der Waals surface area contributed by atoms with Crippen LogP contribution in [-0.2, 0) is 9.84 Å². The largest absolute Gasteiger partial charge is 0.497 e. The third kappa shape index (κ3) is 4.28. The van der Waals surface area contributed by atoms with E-state index in [9.17, 15) is 13.2 Å². The molecule has 140 valence electrons. The van der Waals surface area contributed by atoms with Crippen molar-refractivity contribution < 1.29 is 17.9 Å². The summed E-state index contributed by atoms with van der Waals surface area (Å²) in [4.78, 5) is 12.1. The Morgan fingerprint density at radius 1 is 1.38 bits per heavy atom. The van der Waals surface area contributed by atoms with Crippen LogP contribution in [0.4, 0.5) is 10.5 Å². The number of tetrazole rings is 1. The standard InChI is InChI=1S/C15H20N6O4S/c1-10-18-19-20-21(10)13-5-12(6-14(7-13)25-2)17-15(22)16-8-11-3-4-26(23,24)9-11/h5-7,11H,3-4,8-9H2,1-2H3,(H2,16,17,22)/t11-/m1/s1. The van der Waals surface area contributed by atoms with Gasteiger partial charge in [-0.3, -0.25) is 0 Å². The van der Waals surface area contributed by atoms with Crippen molar-refractivity contribution in [1.82, 2.24) is 25.5 Å². The normalized spacial score (nSPS) is 18.5. The summed E-state index contributed by atoms with van der Waals surface area (Å²) < 4.78 is 29.7. The zero-order chi connectivity index (χ0) is 18.7. The SMILES string of the molecule is COc1cc(NC(=O)NC[C@H]2CCS(=O)(=O)C2)cc(-n2nnnc2C)c1. The van der Waals surface area contributed by atoms with Gasteiger partial charge in [-0.15, -0.1) is 5.10 Å². The number of hydrogen-bond acceptors (Lipinski definition) is 7. The van der Waals surface area contributed by atoms with Gasteiger partial charge in [-0.05, 0) is 35.8 Å². The molecule has 1 aliphatic rings. The number of anilines is 1. The van der Waals surface area contributed by atoms with Gasteiger partial charge in [-0.25, -0.2) is 13.2 Å². The fraction of sp³-hybridized carbons (Fsp3) is 0.467. The lowest BCUT2D eigenvalue weighted by Gasteiger charge is -2.13. The predicted molar refractivity (Wildman–Crippen MR) is 94.2 cm³/mol. The molecular weight excluding hydrogens is 360 g/mol. The molecule has 0 unspecified atom stereocenters. The summed E-state index contributed by atoms with van der Waals surface area (Å²) in [5.74, 6) is 1.39. The molecule has 0 aliphatic carbocycles. The van der Waals surface area contributed by atoms with Gasteiger partial charge >= 0.3 is 6.03 Å². The molecule has 1 aromatic carbocycles. The van der Waals surface area contributed by atoms with Gasteiger partial charge in [-0.2, -0.15) is 4.68 Å². The summed E-state index contributed by atoms with van der Waals surface area (Å²) in [5.41, 5.74) is 1.15. The zero-order valence-electron chi connectivity index (χ0n) is 14.5. The Balaban J connectivity index is 1.67. The van der Waals surface area contributed by atoms with Gasteiger partial charge in [0.15, 0.2) is 15.7 Å². The van der Waals surface area contributed by atoms with E-state index in [2.05, 4.69) is 26.2 Å². The molecular formula is C15H20N6O4S. The Bertz CT molecular complexity index is 911. The summed E-state index contributed by atoms with van der Waals surface area (Å²) >= 11 is 0. The molecule has 26 heavy (non-hydrogen) atoms. The maximum Gasteiger partial charge on any atom is 0.319 e. The molecule has 0 bridgehead atoms. The monoisotopic (exact) mass is 380 g/mol. The van der Waals surface area contributed by atoms with Gasteiger partial charge < -0.3 is 15.4 Å². The minimum Gasteiger partial charge on any atom is -0.497 e. The summed E-state index contributed by atoms with van der Waals surface area (Å²) in [5, 5.41) is 16.8. The number of carbonyl (C=O) groups is 1. The fourth-order valence-corrected chi connectivity index (χ4v) is 4.67. The highest BCUT2D eigenvalue weighted by Crippen LogP contribution is 2.23. The van der Waals surface area contributed by atoms with E-state index >= 15 is 0 Å². The van der Waals surface area contributed by atoms with Crippen molar-refractivity contribution in [1.29, 1.82) is 0 Å². The van der Waals surface area contributed by atoms with E-state index in [4.69, 9.17) is 4.74 Å². The topological polar surface area (TPSA) is 128 Å². The van der Waals surface area contributed by atoms with E-state index < -0.39 is 15.9 Å². The Kier molecular flexibility index (Phi) is 5.07. The molecule has 11 heteroatoms. The number of hydrogen-bond donors (Lipinski definition) is 2. The van der Waals surface area contributed by atoms with Crippen LogP contribution in [0, 0.1) is 12.8 Å². The van der Waals surface area contributed by atoms with Crippen molar-refractivity contribution in [3.63, 3.8) is 0 Å². The van der Waals surface area contributed by atoms with E-state index in [0.29, 0.717) is 35.9 Å². The average molecular weight is 380 g/mol. The maximum absolute atomic E-state index is 12.1. The van der Waals surface area contributed by atoms with E-state index in [0.717, 1.165) is 0 Å². The van der Waals surface area contributed by atoms with Crippen LogP contribution in [-0.4, -0.2) is 59.8 Å². The number of amides is 2. The van der Waals surface area contributed by atoms with Gasteiger partial charge in [0.2, 0.25) is 0 Å². The van der Waals surface area contributed by atoms with Crippen molar-refractivity contribution in [3.8, 4) is 11.4 Å². The molecule has 2 N–H and O–H groups in total. The number of carbonyl (C=O) groups excluding carboxylic acids is 1. The number of ether oxygens (including phenoxy) is 1. The van der Waals surface area contributed by atoms with Crippen LogP contribution in [0.1, 0.15) is 12.2 Å². The van der Waals surface area contributed by atoms with E-state index in [1.165, 1.54) is 11.8 Å². The van der Waals surface area contributed by atoms with Crippen molar-refractivity contribution in [2.24, 2.45) is 5.92 Å². The minimum atomic E-state index is -2.96. The van der Waals surface area contributed by atoms with Gasteiger partial charge in [0.05, 0.1) is 24.3 Å². The highest BCUT2D eigenvalue weighted by Gasteiger charge is 2.27. The first-order valence-electron chi connectivity index (χ1n) is 8.06. The summed E-state index contributed by atoms with van der Waals surface area (Å²) in [6.45, 7) is 2.07. The second-order valence-corrected chi connectivity index (χ2v) is 8.39. The average Bonchev–Trinajstić information content (AvgIpc) is 3.17. The number of rotatable bonds is 5. The van der Waals surface area contributed by atoms with E-state index in [1.807, 2.05) is 0 Å². The molecule has 2 heterocycles. The number of sulfone groups is 1. The van der Waals surface area contributed by atoms with Gasteiger partial charge in [0.1, 0.15) is 5.75 Å². The number of nitrogens with one attached hydrogen (secondary N) is 2. The first-order chi connectivity index (χ1) is 12.4. The molecule has 1 aromatic heterocycles. The minimum absolute atomic E-state index is 0.0458. The van der Waals surface area contributed by atoms with Gasteiger partial charge in [0, 0.05) is 24.4 Å². The summed E-state index contributed by atoms with van der Waals surface area (Å²) in [6, 6.07) is 4.71. The third-order valence-electron chi connectivity index (χ3n) is 4.13. The van der Waals surface area contributed by atoms with E-state index in [-0.39, 0.29) is 17.4 Å². The van der Waals surface area contributed by atoms with Crippen molar-refractivity contribution in [2.75, 3.05) is 30.5 Å². The van der Waals surface area contributed by atoms with Gasteiger partial charge in [-0.1, -0.05) is 0 Å². The quantitative estimate of drug-likeness (QED) is 0.774. The highest BCUT2D eigenvalue weighted by molar-refractivity contribution is 7.91. The first-order valence-corrected chi connectivity index (χ1v) is 9.88. The van der Waals surface area contributed by atoms with Crippen LogP contribution in [0.3, 0.4) is 0 Å². The fourth-order valence-electron chi connectivity index (χ4n) is 2.81. The zero-order valence-corrected chi connectivity index (χ0v) is 15.3. The van der Waals surface area contributed by atoms with Gasteiger partial charge in [0.25, 0.3) is 0 Å². The van der Waals surface area contributed by atoms with Crippen molar-refractivity contribution >= 4 is 21.6 Å². The van der Waals surface area contributed by atoms with Crippen LogP contribution in [0.5, 0.6) is 5.75 Å². The maximum atomic E-state index is 12.1. The second kappa shape index (κ2) is 7.28. The molecule has 2 amide bonds. The van der Waals surface area contributed by atoms with Crippen LogP contribution < -0.4 is 15.4 Å². The predicted octanol–water partition coefficient (Wildman–Crippen LogP) is 0.536. The Hall–Kier alpha value is -2.69. The first kappa shape index (κ1) is 18.1. The number of aromatic nitrogens is 4. The van der Waals surface area contributed by atoms with Crippen LogP contribution >= 0.6 is 0 Å². The lowest BCUT2D eigenvalue weighted by Crippen LogP contribution is -2.33. The number of aryl methyl sites for hydroxylation is 1. The summed E-state index contributed by atoms with van der Waals surface area (Å²) in [7, 11) is -1.43. The molecule has 0 spiro atoms. The lowest BCUT2D eigenvalue weighted by molar-refractivity contribution is 0.250. The number of nitrogens with zero attached hydrogens (tertiary/aromatic N) is 4. The molecule has 0 radical (unpaired) electrons. The Morgan fingerprint density at radius 2 is 2.19 bits per heavy atom.